The summed E-state index contributed by atoms with van der Waals surface area (Å²) in [6.07, 6.45) is 4.92. The van der Waals surface area contributed by atoms with Gasteiger partial charge in [0.1, 0.15) is 0 Å². The lowest BCUT2D eigenvalue weighted by atomic mass is 10.00. The van der Waals surface area contributed by atoms with Crippen LogP contribution >= 0.6 is 0 Å². The summed E-state index contributed by atoms with van der Waals surface area (Å²) in [5.41, 5.74) is 8.71. The molecule has 0 radical (unpaired) electrons. The lowest BCUT2D eigenvalue weighted by Crippen LogP contribution is -2.26. The second kappa shape index (κ2) is 8.52. The predicted octanol–water partition coefficient (Wildman–Crippen LogP) is 3.47. The minimum Gasteiger partial charge on any atom is -0.377 e. The summed E-state index contributed by atoms with van der Waals surface area (Å²) in [6.45, 7) is 6.57. The highest BCUT2D eigenvalue weighted by molar-refractivity contribution is 5.25. The molecule has 118 valence electrons. The number of hydrogen-bond acceptors (Lipinski definition) is 3. The third-order valence-corrected chi connectivity index (χ3v) is 3.93. The molecule has 0 bridgehead atoms. The minimum absolute atomic E-state index is 0.0540. The second-order valence-corrected chi connectivity index (χ2v) is 6.47. The van der Waals surface area contributed by atoms with Crippen molar-refractivity contribution < 1.29 is 9.47 Å². The minimum atomic E-state index is -0.0540. The molecule has 1 saturated heterocycles. The fourth-order valence-electron chi connectivity index (χ4n) is 2.73. The summed E-state index contributed by atoms with van der Waals surface area (Å²) in [5.74, 6) is 0.684. The van der Waals surface area contributed by atoms with Crippen LogP contribution in [0.5, 0.6) is 0 Å². The summed E-state index contributed by atoms with van der Waals surface area (Å²) in [4.78, 5) is 0. The van der Waals surface area contributed by atoms with Crippen LogP contribution in [0.3, 0.4) is 0 Å². The molecule has 2 rings (SSSR count). The Morgan fingerprint density at radius 1 is 1.24 bits per heavy atom. The van der Waals surface area contributed by atoms with Crippen molar-refractivity contribution in [1.82, 2.24) is 0 Å². The number of hydrogen-bond donors (Lipinski definition) is 1. The van der Waals surface area contributed by atoms with Gasteiger partial charge in [0.15, 0.2) is 0 Å². The molecule has 0 spiro atoms. The maximum atomic E-state index is 6.20. The Morgan fingerprint density at radius 2 is 2.00 bits per heavy atom. The van der Waals surface area contributed by atoms with E-state index in [0.717, 1.165) is 25.0 Å². The first kappa shape index (κ1) is 16.5. The average Bonchev–Trinajstić information content (AvgIpc) is 2.48. The molecule has 2 unspecified atom stereocenters. The summed E-state index contributed by atoms with van der Waals surface area (Å²) in [7, 11) is 0. The van der Waals surface area contributed by atoms with Gasteiger partial charge >= 0.3 is 0 Å². The van der Waals surface area contributed by atoms with E-state index >= 15 is 0 Å². The van der Waals surface area contributed by atoms with E-state index in [9.17, 15) is 0 Å². The molecule has 3 nitrogen and oxygen atoms in total. The van der Waals surface area contributed by atoms with Crippen LogP contribution in [0.1, 0.15) is 50.3 Å². The van der Waals surface area contributed by atoms with Gasteiger partial charge in [0.25, 0.3) is 0 Å². The summed E-state index contributed by atoms with van der Waals surface area (Å²) < 4.78 is 11.4. The first-order chi connectivity index (χ1) is 10.1. The molecule has 1 aliphatic heterocycles. The third-order valence-electron chi connectivity index (χ3n) is 3.93. The highest BCUT2D eigenvalue weighted by atomic mass is 16.5. The Labute approximate surface area is 128 Å². The fourth-order valence-corrected chi connectivity index (χ4v) is 2.73. The number of benzene rings is 1. The van der Waals surface area contributed by atoms with Crippen LogP contribution in [0.25, 0.3) is 0 Å². The normalized spacial score (nSPS) is 20.7. The van der Waals surface area contributed by atoms with Crippen LogP contribution < -0.4 is 5.73 Å². The quantitative estimate of drug-likeness (QED) is 0.836. The van der Waals surface area contributed by atoms with Gasteiger partial charge in [-0.2, -0.15) is 0 Å². The first-order valence-corrected chi connectivity index (χ1v) is 8.19. The molecule has 0 aromatic heterocycles. The molecule has 1 aliphatic rings. The second-order valence-electron chi connectivity index (χ2n) is 6.47. The Hall–Kier alpha value is -0.900. The van der Waals surface area contributed by atoms with Crippen molar-refractivity contribution in [3.63, 3.8) is 0 Å². The van der Waals surface area contributed by atoms with Crippen LogP contribution in [0.4, 0.5) is 0 Å². The molecule has 1 aromatic rings. The monoisotopic (exact) mass is 291 g/mol. The van der Waals surface area contributed by atoms with Crippen LogP contribution in [0, 0.1) is 5.92 Å². The van der Waals surface area contributed by atoms with Gasteiger partial charge in [-0.15, -0.1) is 0 Å². The molecule has 0 amide bonds. The largest absolute Gasteiger partial charge is 0.377 e. The van der Waals surface area contributed by atoms with E-state index in [0.29, 0.717) is 19.1 Å². The molecular weight excluding hydrogens is 262 g/mol. The lowest BCUT2D eigenvalue weighted by Gasteiger charge is -2.23. The zero-order valence-electron chi connectivity index (χ0n) is 13.4. The van der Waals surface area contributed by atoms with Crippen molar-refractivity contribution in [2.75, 3.05) is 19.8 Å². The number of rotatable bonds is 7. The summed E-state index contributed by atoms with van der Waals surface area (Å²) >= 11 is 0. The maximum absolute atomic E-state index is 6.20. The van der Waals surface area contributed by atoms with Crippen molar-refractivity contribution in [1.29, 1.82) is 0 Å². The van der Waals surface area contributed by atoms with E-state index in [4.69, 9.17) is 15.2 Å². The SMILES string of the molecule is CC(C)Cc1ccc(C(N)COCC2CCCCO2)cc1. The van der Waals surface area contributed by atoms with Gasteiger partial charge in [-0.05, 0) is 42.7 Å². The molecule has 0 aliphatic carbocycles. The molecule has 1 aromatic carbocycles. The summed E-state index contributed by atoms with van der Waals surface area (Å²) in [6, 6.07) is 8.56. The van der Waals surface area contributed by atoms with Crippen molar-refractivity contribution in [2.45, 2.75) is 51.7 Å². The molecule has 0 saturated carbocycles. The van der Waals surface area contributed by atoms with Gasteiger partial charge in [0.2, 0.25) is 0 Å². The van der Waals surface area contributed by atoms with E-state index in [1.807, 2.05) is 0 Å². The standard InChI is InChI=1S/C18H29NO2/c1-14(2)11-15-6-8-16(9-7-15)18(19)13-20-12-17-5-3-4-10-21-17/h6-9,14,17-18H,3-5,10-13,19H2,1-2H3. The zero-order chi connectivity index (χ0) is 15.1. The van der Waals surface area contributed by atoms with Gasteiger partial charge in [-0.25, -0.2) is 0 Å². The summed E-state index contributed by atoms with van der Waals surface area (Å²) in [5, 5.41) is 0. The molecule has 21 heavy (non-hydrogen) atoms. The van der Waals surface area contributed by atoms with Gasteiger partial charge in [0.05, 0.1) is 25.4 Å². The van der Waals surface area contributed by atoms with E-state index < -0.39 is 0 Å². The van der Waals surface area contributed by atoms with Gasteiger partial charge < -0.3 is 15.2 Å². The number of ether oxygens (including phenoxy) is 2. The smallest absolute Gasteiger partial charge is 0.0808 e. The van der Waals surface area contributed by atoms with E-state index in [1.165, 1.54) is 18.4 Å². The number of nitrogens with two attached hydrogens (primary N) is 1. The Bertz CT molecular complexity index is 396. The van der Waals surface area contributed by atoms with Crippen LogP contribution in [-0.4, -0.2) is 25.9 Å². The molecule has 2 N–H and O–H groups in total. The molecule has 1 fully saturated rings. The van der Waals surface area contributed by atoms with Crippen LogP contribution in [0.15, 0.2) is 24.3 Å². The molecule has 3 heteroatoms. The van der Waals surface area contributed by atoms with Crippen LogP contribution in [0.2, 0.25) is 0 Å². The average molecular weight is 291 g/mol. The highest BCUT2D eigenvalue weighted by Crippen LogP contribution is 2.16. The van der Waals surface area contributed by atoms with Gasteiger partial charge in [-0.1, -0.05) is 38.1 Å². The Morgan fingerprint density at radius 3 is 2.62 bits per heavy atom. The maximum Gasteiger partial charge on any atom is 0.0808 e. The highest BCUT2D eigenvalue weighted by Gasteiger charge is 2.14. The first-order valence-electron chi connectivity index (χ1n) is 8.19. The molecular formula is C18H29NO2. The molecule has 2 atom stereocenters. The predicted molar refractivity (Wildman–Crippen MR) is 86.3 cm³/mol. The van der Waals surface area contributed by atoms with Gasteiger partial charge in [-0.3, -0.25) is 0 Å². The van der Waals surface area contributed by atoms with E-state index in [2.05, 4.69) is 38.1 Å². The van der Waals surface area contributed by atoms with Crippen molar-refractivity contribution >= 4 is 0 Å². The third kappa shape index (κ3) is 5.77. The zero-order valence-corrected chi connectivity index (χ0v) is 13.4. The van der Waals surface area contributed by atoms with Gasteiger partial charge in [0, 0.05) is 6.61 Å². The topological polar surface area (TPSA) is 44.5 Å². The van der Waals surface area contributed by atoms with Crippen molar-refractivity contribution in [3.8, 4) is 0 Å². The van der Waals surface area contributed by atoms with Crippen LogP contribution in [-0.2, 0) is 15.9 Å². The Kier molecular flexibility index (Phi) is 6.68. The van der Waals surface area contributed by atoms with Crippen molar-refractivity contribution in [3.05, 3.63) is 35.4 Å². The Balaban J connectivity index is 1.73. The molecule has 1 heterocycles. The fraction of sp³-hybridized carbons (Fsp3) is 0.667. The van der Waals surface area contributed by atoms with Crippen molar-refractivity contribution in [2.24, 2.45) is 11.7 Å². The van der Waals surface area contributed by atoms with E-state index in [1.54, 1.807) is 0 Å². The van der Waals surface area contributed by atoms with E-state index in [-0.39, 0.29) is 12.1 Å². The lowest BCUT2D eigenvalue weighted by molar-refractivity contribution is -0.0428.